The van der Waals surface area contributed by atoms with Crippen LogP contribution in [0.2, 0.25) is 0 Å². The quantitative estimate of drug-likeness (QED) is 0.141. The molecule has 310 valence electrons. The molecule has 0 bridgehead atoms. The van der Waals surface area contributed by atoms with Gasteiger partial charge in [0.25, 0.3) is 0 Å². The predicted molar refractivity (Wildman–Crippen MR) is 273 cm³/mol. The van der Waals surface area contributed by atoms with Crippen molar-refractivity contribution in [1.82, 2.24) is 4.57 Å². The third-order valence-corrected chi connectivity index (χ3v) is 14.0. The van der Waals surface area contributed by atoms with Gasteiger partial charge in [-0.1, -0.05) is 167 Å². The summed E-state index contributed by atoms with van der Waals surface area (Å²) in [7, 11) is 0. The van der Waals surface area contributed by atoms with Crippen molar-refractivity contribution in [2.24, 2.45) is 0 Å². The van der Waals surface area contributed by atoms with Gasteiger partial charge in [-0.05, 0) is 153 Å². The van der Waals surface area contributed by atoms with Gasteiger partial charge in [-0.2, -0.15) is 0 Å². The minimum atomic E-state index is -0.103. The Morgan fingerprint density at radius 1 is 0.453 bits per heavy atom. The maximum atomic E-state index is 2.42. The van der Waals surface area contributed by atoms with Crippen molar-refractivity contribution in [3.8, 4) is 50.2 Å². The minimum Gasteiger partial charge on any atom is -0.310 e. The highest BCUT2D eigenvalue weighted by Crippen LogP contribution is 2.51. The van der Waals surface area contributed by atoms with Crippen LogP contribution in [0.25, 0.3) is 72.0 Å². The number of benzene rings is 9. The molecule has 1 aromatic heterocycles. The zero-order valence-electron chi connectivity index (χ0n) is 37.3. The van der Waals surface area contributed by atoms with Gasteiger partial charge in [0, 0.05) is 38.9 Å². The number of hydrogen-bond donors (Lipinski definition) is 0. The topological polar surface area (TPSA) is 8.17 Å². The Morgan fingerprint density at radius 2 is 0.938 bits per heavy atom. The van der Waals surface area contributed by atoms with E-state index in [-0.39, 0.29) is 5.41 Å². The molecule has 0 saturated heterocycles. The molecule has 10 aromatic rings. The van der Waals surface area contributed by atoms with Gasteiger partial charge in [-0.3, -0.25) is 0 Å². The predicted octanol–water partition coefficient (Wildman–Crippen LogP) is 17.4. The fraction of sp³-hybridized carbons (Fsp3) is 0.129. The van der Waals surface area contributed by atoms with E-state index in [1.807, 2.05) is 0 Å². The van der Waals surface area contributed by atoms with Crippen molar-refractivity contribution >= 4 is 38.9 Å². The van der Waals surface area contributed by atoms with Gasteiger partial charge in [-0.15, -0.1) is 0 Å². The summed E-state index contributed by atoms with van der Waals surface area (Å²) in [5, 5.41) is 2.50. The smallest absolute Gasteiger partial charge is 0.0541 e. The molecule has 0 spiro atoms. The maximum absolute atomic E-state index is 2.42. The van der Waals surface area contributed by atoms with Gasteiger partial charge < -0.3 is 9.47 Å². The molecule has 0 fully saturated rings. The van der Waals surface area contributed by atoms with Gasteiger partial charge in [0.15, 0.2) is 0 Å². The molecule has 2 nitrogen and oxygen atoms in total. The van der Waals surface area contributed by atoms with Crippen LogP contribution in [-0.4, -0.2) is 4.57 Å². The molecule has 0 saturated carbocycles. The summed E-state index contributed by atoms with van der Waals surface area (Å²) in [4.78, 5) is 2.41. The second-order valence-corrected chi connectivity index (χ2v) is 18.3. The lowest BCUT2D eigenvalue weighted by Crippen LogP contribution is -2.16. The van der Waals surface area contributed by atoms with Crippen LogP contribution in [0.1, 0.15) is 62.3 Å². The molecule has 9 aromatic carbocycles. The third kappa shape index (κ3) is 6.73. The molecule has 1 aliphatic rings. The molecule has 0 aliphatic heterocycles. The number of nitrogens with zero attached hydrogens (tertiary/aromatic N) is 2. The second kappa shape index (κ2) is 15.7. The van der Waals surface area contributed by atoms with E-state index in [0.717, 1.165) is 23.5 Å². The van der Waals surface area contributed by atoms with E-state index in [2.05, 4.69) is 250 Å². The van der Waals surface area contributed by atoms with E-state index in [9.17, 15) is 0 Å². The van der Waals surface area contributed by atoms with Gasteiger partial charge in [0.05, 0.1) is 11.0 Å². The molecule has 1 atom stereocenters. The summed E-state index contributed by atoms with van der Waals surface area (Å²) in [6.45, 7) is 11.4. The zero-order valence-corrected chi connectivity index (χ0v) is 37.3. The molecule has 0 N–H and O–H groups in total. The first kappa shape index (κ1) is 39.4. The summed E-state index contributed by atoms with van der Waals surface area (Å²) < 4.78 is 2.42. The van der Waals surface area contributed by atoms with Crippen LogP contribution < -0.4 is 4.90 Å². The van der Waals surface area contributed by atoms with Gasteiger partial charge in [-0.25, -0.2) is 0 Å². The first-order valence-electron chi connectivity index (χ1n) is 22.8. The number of rotatable bonds is 9. The van der Waals surface area contributed by atoms with Crippen LogP contribution >= 0.6 is 0 Å². The maximum Gasteiger partial charge on any atom is 0.0541 e. The summed E-state index contributed by atoms with van der Waals surface area (Å²) >= 11 is 0. The third-order valence-electron chi connectivity index (χ3n) is 14.0. The number of aromatic nitrogens is 1. The average Bonchev–Trinajstić information content (AvgIpc) is 3.79. The van der Waals surface area contributed by atoms with E-state index in [1.54, 1.807) is 0 Å². The summed E-state index contributed by atoms with van der Waals surface area (Å²) in [6.07, 6.45) is 1.14. The fourth-order valence-electron chi connectivity index (χ4n) is 10.1. The van der Waals surface area contributed by atoms with Crippen molar-refractivity contribution in [1.29, 1.82) is 0 Å². The highest BCUT2D eigenvalue weighted by atomic mass is 15.1. The highest BCUT2D eigenvalue weighted by molar-refractivity contribution is 6.11. The van der Waals surface area contributed by atoms with E-state index >= 15 is 0 Å². The van der Waals surface area contributed by atoms with Crippen molar-refractivity contribution < 1.29 is 0 Å². The van der Waals surface area contributed by atoms with Crippen LogP contribution in [0.15, 0.2) is 206 Å². The van der Waals surface area contributed by atoms with E-state index < -0.39 is 0 Å². The SMILES string of the molecule is CCC(C)c1ccc(-c2ccc3c(c2)c2cc(-c4ccc(N(c5ccc(-c6ccccc6)cc5)c5ccc6c(c5)C(C)(C)c5ccccc5-6)cc4)ccc2n3-c2ccc(C)cc2)cc1. The van der Waals surface area contributed by atoms with Gasteiger partial charge in [0.1, 0.15) is 0 Å². The molecule has 0 amide bonds. The van der Waals surface area contributed by atoms with Crippen molar-refractivity contribution in [3.05, 3.63) is 229 Å². The van der Waals surface area contributed by atoms with Gasteiger partial charge in [0.2, 0.25) is 0 Å². The Kier molecular flexibility index (Phi) is 9.69. The first-order chi connectivity index (χ1) is 31.2. The molecule has 11 rings (SSSR count). The van der Waals surface area contributed by atoms with Crippen molar-refractivity contribution in [2.75, 3.05) is 4.90 Å². The molecule has 64 heavy (non-hydrogen) atoms. The van der Waals surface area contributed by atoms with Crippen LogP contribution in [-0.2, 0) is 5.41 Å². The lowest BCUT2D eigenvalue weighted by atomic mass is 9.82. The zero-order chi connectivity index (χ0) is 43.5. The number of hydrogen-bond acceptors (Lipinski definition) is 1. The summed E-state index contributed by atoms with van der Waals surface area (Å²) in [5.74, 6) is 0.552. The fourth-order valence-corrected chi connectivity index (χ4v) is 10.1. The van der Waals surface area contributed by atoms with Crippen molar-refractivity contribution in [3.63, 3.8) is 0 Å². The van der Waals surface area contributed by atoms with Crippen LogP contribution in [0.4, 0.5) is 17.1 Å². The number of aryl methyl sites for hydroxylation is 1. The van der Waals surface area contributed by atoms with Crippen molar-refractivity contribution in [2.45, 2.75) is 52.4 Å². The van der Waals surface area contributed by atoms with Crippen LogP contribution in [0.3, 0.4) is 0 Å². The Labute approximate surface area is 377 Å². The average molecular weight is 825 g/mol. The van der Waals surface area contributed by atoms with Crippen LogP contribution in [0.5, 0.6) is 0 Å². The Hall–Kier alpha value is -7.42. The Balaban J connectivity index is 1.01. The lowest BCUT2D eigenvalue weighted by molar-refractivity contribution is 0.660. The Bertz CT molecular complexity index is 3320. The molecule has 1 heterocycles. The molecule has 1 aliphatic carbocycles. The monoisotopic (exact) mass is 824 g/mol. The molecule has 2 heteroatoms. The van der Waals surface area contributed by atoms with E-state index in [4.69, 9.17) is 0 Å². The summed E-state index contributed by atoms with van der Waals surface area (Å²) in [5.41, 5.74) is 22.2. The highest BCUT2D eigenvalue weighted by Gasteiger charge is 2.35. The lowest BCUT2D eigenvalue weighted by Gasteiger charge is -2.28. The molecule has 0 radical (unpaired) electrons. The number of fused-ring (bicyclic) bond motifs is 6. The van der Waals surface area contributed by atoms with E-state index in [0.29, 0.717) is 5.92 Å². The van der Waals surface area contributed by atoms with Gasteiger partial charge >= 0.3 is 0 Å². The standard InChI is InChI=1S/C62H52N2/c1-6-42(3)43-18-20-46(21-19-43)48-26-36-60-56(38-48)57-39-49(27-37-61(57)64(60)52-28-16-41(2)17-29-52)47-24-32-51(33-25-47)63(50-30-22-45(23-31-50)44-12-8-7-9-13-44)53-34-35-55-54-14-10-11-15-58(54)62(4,5)59(55)40-53/h7-40,42H,6H2,1-5H3. The molecular formula is C62H52N2. The number of anilines is 3. The first-order valence-corrected chi connectivity index (χ1v) is 22.8. The Morgan fingerprint density at radius 3 is 1.53 bits per heavy atom. The molecule has 1 unspecified atom stereocenters. The minimum absolute atomic E-state index is 0.103. The van der Waals surface area contributed by atoms with Crippen LogP contribution in [0, 0.1) is 6.92 Å². The molecular weight excluding hydrogens is 773 g/mol. The normalized spacial score (nSPS) is 13.2. The van der Waals surface area contributed by atoms with E-state index in [1.165, 1.54) is 94.3 Å². The largest absolute Gasteiger partial charge is 0.310 e. The second-order valence-electron chi connectivity index (χ2n) is 18.3. The summed E-state index contributed by atoms with van der Waals surface area (Å²) in [6, 6.07) is 76.8.